The van der Waals surface area contributed by atoms with E-state index < -0.39 is 0 Å². The maximum absolute atomic E-state index is 12.6. The zero-order valence-corrected chi connectivity index (χ0v) is 17.2. The average molecular weight is 367 g/mol. The molecule has 27 heavy (non-hydrogen) atoms. The van der Waals surface area contributed by atoms with Gasteiger partial charge in [0.2, 0.25) is 11.8 Å². The van der Waals surface area contributed by atoms with Crippen LogP contribution in [0.4, 0.5) is 11.4 Å². The van der Waals surface area contributed by atoms with Crippen LogP contribution in [0, 0.1) is 0 Å². The number of amides is 2. The number of carbonyl (C=O) groups is 2. The van der Waals surface area contributed by atoms with Crippen LogP contribution < -0.4 is 10.2 Å². The van der Waals surface area contributed by atoms with Gasteiger partial charge in [0.15, 0.2) is 0 Å². The van der Waals surface area contributed by atoms with Crippen molar-refractivity contribution in [1.29, 1.82) is 0 Å². The zero-order valence-electron chi connectivity index (χ0n) is 17.2. The smallest absolute Gasteiger partial charge is 0.244 e. The maximum Gasteiger partial charge on any atom is 0.244 e. The van der Waals surface area contributed by atoms with Crippen molar-refractivity contribution in [1.82, 2.24) is 0 Å². The number of rotatable bonds is 5. The van der Waals surface area contributed by atoms with Crippen molar-refractivity contribution in [2.24, 2.45) is 0 Å². The summed E-state index contributed by atoms with van der Waals surface area (Å²) in [6.07, 6.45) is 0. The van der Waals surface area contributed by atoms with Crippen LogP contribution >= 0.6 is 0 Å². The van der Waals surface area contributed by atoms with Gasteiger partial charge in [0.05, 0.1) is 0 Å². The number of para-hydroxylation sites is 1. The van der Waals surface area contributed by atoms with Crippen LogP contribution in [0.5, 0.6) is 0 Å². The molecule has 0 saturated carbocycles. The Balaban J connectivity index is 2.20. The average Bonchev–Trinajstić information content (AvgIpc) is 2.59. The van der Waals surface area contributed by atoms with E-state index in [0.717, 1.165) is 16.9 Å². The Morgan fingerprint density at radius 1 is 1.00 bits per heavy atom. The first-order valence-corrected chi connectivity index (χ1v) is 9.37. The number of carbonyl (C=O) groups excluding carboxylic acids is 2. The summed E-state index contributed by atoms with van der Waals surface area (Å²) in [6.45, 7) is 12.0. The molecular formula is C23H30N2O2. The van der Waals surface area contributed by atoms with Gasteiger partial charge in [0, 0.05) is 18.3 Å². The van der Waals surface area contributed by atoms with E-state index in [1.54, 1.807) is 4.90 Å². The van der Waals surface area contributed by atoms with E-state index in [0.29, 0.717) is 5.92 Å². The summed E-state index contributed by atoms with van der Waals surface area (Å²) < 4.78 is 0. The minimum Gasteiger partial charge on any atom is -0.325 e. The molecule has 1 N–H and O–H groups in total. The number of hydrogen-bond acceptors (Lipinski definition) is 2. The fourth-order valence-electron chi connectivity index (χ4n) is 3.00. The molecule has 2 rings (SSSR count). The van der Waals surface area contributed by atoms with E-state index in [9.17, 15) is 9.59 Å². The van der Waals surface area contributed by atoms with Gasteiger partial charge in [-0.1, -0.05) is 65.0 Å². The monoisotopic (exact) mass is 366 g/mol. The first-order chi connectivity index (χ1) is 12.6. The molecule has 2 aromatic rings. The van der Waals surface area contributed by atoms with Gasteiger partial charge in [-0.15, -0.1) is 0 Å². The van der Waals surface area contributed by atoms with Crippen LogP contribution in [0.25, 0.3) is 0 Å². The van der Waals surface area contributed by atoms with Crippen molar-refractivity contribution in [3.63, 3.8) is 0 Å². The van der Waals surface area contributed by atoms with Gasteiger partial charge in [-0.3, -0.25) is 9.59 Å². The molecule has 0 aliphatic heterocycles. The number of nitrogens with zero attached hydrogens (tertiary/aromatic N) is 1. The minimum absolute atomic E-state index is 0.0195. The molecule has 0 bridgehead atoms. The molecule has 0 aliphatic carbocycles. The Bertz CT molecular complexity index is 802. The van der Waals surface area contributed by atoms with Crippen LogP contribution in [0.3, 0.4) is 0 Å². The quantitative estimate of drug-likeness (QED) is 0.800. The topological polar surface area (TPSA) is 49.4 Å². The fraction of sp³-hybridized carbons (Fsp3) is 0.391. The molecule has 4 nitrogen and oxygen atoms in total. The lowest BCUT2D eigenvalue weighted by Crippen LogP contribution is -2.38. The molecule has 4 heteroatoms. The summed E-state index contributed by atoms with van der Waals surface area (Å²) in [4.78, 5) is 26.4. The molecule has 0 unspecified atom stereocenters. The molecule has 2 aromatic carbocycles. The summed E-state index contributed by atoms with van der Waals surface area (Å²) in [5.74, 6) is 0.0695. The van der Waals surface area contributed by atoms with E-state index in [-0.39, 0.29) is 23.8 Å². The lowest BCUT2D eigenvalue weighted by Gasteiger charge is -2.29. The number of benzene rings is 2. The number of hydrogen-bond donors (Lipinski definition) is 1. The summed E-state index contributed by atoms with van der Waals surface area (Å²) in [5, 5.41) is 2.89. The molecule has 0 aliphatic rings. The maximum atomic E-state index is 12.6. The first-order valence-electron chi connectivity index (χ1n) is 9.37. The van der Waals surface area contributed by atoms with Crippen LogP contribution in [-0.4, -0.2) is 18.4 Å². The second-order valence-corrected chi connectivity index (χ2v) is 8.20. The van der Waals surface area contributed by atoms with Crippen molar-refractivity contribution in [2.75, 3.05) is 16.8 Å². The fourth-order valence-corrected chi connectivity index (χ4v) is 3.00. The molecule has 0 radical (unpaired) electrons. The minimum atomic E-state index is -0.216. The normalized spacial score (nSPS) is 11.4. The number of nitrogens with one attached hydrogen (secondary N) is 1. The Hall–Kier alpha value is -2.62. The second kappa shape index (κ2) is 8.38. The molecule has 2 amide bonds. The Morgan fingerprint density at radius 2 is 1.59 bits per heavy atom. The third kappa shape index (κ3) is 5.43. The van der Waals surface area contributed by atoms with Gasteiger partial charge < -0.3 is 10.2 Å². The van der Waals surface area contributed by atoms with E-state index in [1.165, 1.54) is 12.5 Å². The van der Waals surface area contributed by atoms with Gasteiger partial charge in [0.25, 0.3) is 0 Å². The van der Waals surface area contributed by atoms with Crippen molar-refractivity contribution < 1.29 is 9.59 Å². The van der Waals surface area contributed by atoms with Crippen molar-refractivity contribution in [3.8, 4) is 0 Å². The van der Waals surface area contributed by atoms with Gasteiger partial charge in [-0.2, -0.15) is 0 Å². The van der Waals surface area contributed by atoms with Crippen LogP contribution in [0.15, 0.2) is 48.5 Å². The van der Waals surface area contributed by atoms with Gasteiger partial charge >= 0.3 is 0 Å². The second-order valence-electron chi connectivity index (χ2n) is 8.20. The summed E-state index contributed by atoms with van der Waals surface area (Å²) in [7, 11) is 0. The van der Waals surface area contributed by atoms with Crippen LogP contribution in [0.2, 0.25) is 0 Å². The molecule has 144 valence electrons. The predicted molar refractivity (Wildman–Crippen MR) is 112 cm³/mol. The molecular weight excluding hydrogens is 336 g/mol. The van der Waals surface area contributed by atoms with Gasteiger partial charge in [-0.25, -0.2) is 0 Å². The van der Waals surface area contributed by atoms with E-state index in [4.69, 9.17) is 0 Å². The van der Waals surface area contributed by atoms with Crippen molar-refractivity contribution in [2.45, 2.75) is 52.9 Å². The van der Waals surface area contributed by atoms with E-state index >= 15 is 0 Å². The van der Waals surface area contributed by atoms with Crippen molar-refractivity contribution in [3.05, 3.63) is 59.7 Å². The highest BCUT2D eigenvalue weighted by Gasteiger charge is 2.24. The van der Waals surface area contributed by atoms with Crippen molar-refractivity contribution >= 4 is 23.2 Å². The number of anilines is 2. The standard InChI is InChI=1S/C23H30N2O2/c1-16(2)18-11-13-19(14-12-18)24-22(27)15-25(17(3)26)21-10-8-7-9-20(21)23(4,5)6/h7-14,16H,15H2,1-6H3,(H,24,27). The summed E-state index contributed by atoms with van der Waals surface area (Å²) in [6, 6.07) is 15.6. The van der Waals surface area contributed by atoms with Crippen LogP contribution in [0.1, 0.15) is 58.6 Å². The van der Waals surface area contributed by atoms with E-state index in [2.05, 4.69) is 39.9 Å². The predicted octanol–water partition coefficient (Wildman–Crippen LogP) is 5.10. The molecule has 0 saturated heterocycles. The molecule has 0 aromatic heterocycles. The SMILES string of the molecule is CC(=O)N(CC(=O)Nc1ccc(C(C)C)cc1)c1ccccc1C(C)(C)C. The first kappa shape index (κ1) is 20.7. The van der Waals surface area contributed by atoms with Gasteiger partial charge in [0.1, 0.15) is 6.54 Å². The van der Waals surface area contributed by atoms with Crippen LogP contribution in [-0.2, 0) is 15.0 Å². The highest BCUT2D eigenvalue weighted by atomic mass is 16.2. The molecule has 0 spiro atoms. The highest BCUT2D eigenvalue weighted by molar-refractivity contribution is 6.02. The van der Waals surface area contributed by atoms with Gasteiger partial charge in [-0.05, 0) is 40.7 Å². The summed E-state index contributed by atoms with van der Waals surface area (Å²) in [5.41, 5.74) is 3.64. The molecule has 0 atom stereocenters. The van der Waals surface area contributed by atoms with E-state index in [1.807, 2.05) is 48.5 Å². The highest BCUT2D eigenvalue weighted by Crippen LogP contribution is 2.32. The molecule has 0 fully saturated rings. The lowest BCUT2D eigenvalue weighted by atomic mass is 9.85. The Labute approximate surface area is 162 Å². The third-order valence-corrected chi connectivity index (χ3v) is 4.55. The Kier molecular flexibility index (Phi) is 6.42. The zero-order chi connectivity index (χ0) is 20.2. The largest absolute Gasteiger partial charge is 0.325 e. The third-order valence-electron chi connectivity index (χ3n) is 4.55. The lowest BCUT2D eigenvalue weighted by molar-refractivity contribution is -0.120. The Morgan fingerprint density at radius 3 is 2.11 bits per heavy atom. The summed E-state index contributed by atoms with van der Waals surface area (Å²) >= 11 is 0. The molecule has 0 heterocycles.